The first kappa shape index (κ1) is 13.9. The van der Waals surface area contributed by atoms with Gasteiger partial charge in [0.25, 0.3) is 0 Å². The Labute approximate surface area is 121 Å². The van der Waals surface area contributed by atoms with Gasteiger partial charge in [0.1, 0.15) is 5.75 Å². The quantitative estimate of drug-likeness (QED) is 0.917. The molecule has 2 atom stereocenters. The third-order valence-corrected chi connectivity index (χ3v) is 4.98. The van der Waals surface area contributed by atoms with Crippen molar-refractivity contribution in [2.45, 2.75) is 56.7 Å². The van der Waals surface area contributed by atoms with Crippen molar-refractivity contribution in [1.82, 2.24) is 4.90 Å². The lowest BCUT2D eigenvalue weighted by molar-refractivity contribution is -0.0494. The lowest BCUT2D eigenvalue weighted by Gasteiger charge is -2.42. The smallest absolute Gasteiger partial charge is 0.119 e. The molecule has 1 aromatic carbocycles. The van der Waals surface area contributed by atoms with Crippen molar-refractivity contribution in [1.29, 1.82) is 0 Å². The van der Waals surface area contributed by atoms with Gasteiger partial charge in [-0.25, -0.2) is 0 Å². The van der Waals surface area contributed by atoms with E-state index in [0.29, 0.717) is 12.1 Å². The fourth-order valence-corrected chi connectivity index (χ4v) is 3.78. The fraction of sp³-hybridized carbons (Fsp3) is 0.647. The average molecular weight is 275 g/mol. The maximum atomic E-state index is 11.1. The highest BCUT2D eigenvalue weighted by Gasteiger charge is 2.46. The molecule has 2 fully saturated rings. The van der Waals surface area contributed by atoms with Crippen molar-refractivity contribution in [2.24, 2.45) is 0 Å². The van der Waals surface area contributed by atoms with Crippen LogP contribution in [0.2, 0.25) is 0 Å². The summed E-state index contributed by atoms with van der Waals surface area (Å²) in [5.74, 6) is 0.879. The summed E-state index contributed by atoms with van der Waals surface area (Å²) in [6, 6.07) is 9.10. The highest BCUT2D eigenvalue weighted by atomic mass is 16.5. The summed E-state index contributed by atoms with van der Waals surface area (Å²) < 4.78 is 5.70. The molecule has 2 aliphatic rings. The number of fused-ring (bicyclic) bond motifs is 2. The predicted molar refractivity (Wildman–Crippen MR) is 79.9 cm³/mol. The minimum absolute atomic E-state index is 0.527. The van der Waals surface area contributed by atoms with Crippen LogP contribution in [0.15, 0.2) is 24.3 Å². The van der Waals surface area contributed by atoms with Crippen LogP contribution in [0.3, 0.4) is 0 Å². The summed E-state index contributed by atoms with van der Waals surface area (Å²) in [6.07, 6.45) is 5.13. The molecule has 0 aliphatic carbocycles. The fourth-order valence-electron chi connectivity index (χ4n) is 3.78. The molecule has 3 rings (SSSR count). The Bertz CT molecular complexity index is 460. The number of piperidine rings is 1. The van der Waals surface area contributed by atoms with Gasteiger partial charge < -0.3 is 14.7 Å². The van der Waals surface area contributed by atoms with E-state index in [2.05, 4.69) is 18.9 Å². The first-order chi connectivity index (χ1) is 9.62. The van der Waals surface area contributed by atoms with Gasteiger partial charge in [-0.05, 0) is 56.8 Å². The molecular weight excluding hydrogens is 250 g/mol. The van der Waals surface area contributed by atoms with Crippen LogP contribution in [0.4, 0.5) is 0 Å². The molecule has 0 spiro atoms. The minimum Gasteiger partial charge on any atom is -0.494 e. The molecule has 20 heavy (non-hydrogen) atoms. The van der Waals surface area contributed by atoms with Crippen molar-refractivity contribution in [3.05, 3.63) is 29.8 Å². The second-order valence-electron chi connectivity index (χ2n) is 6.37. The van der Waals surface area contributed by atoms with Crippen molar-refractivity contribution in [2.75, 3.05) is 13.7 Å². The van der Waals surface area contributed by atoms with E-state index in [4.69, 9.17) is 4.74 Å². The number of hydrogen-bond acceptors (Lipinski definition) is 3. The number of nitrogens with zero attached hydrogens (tertiary/aromatic N) is 1. The first-order valence-electron chi connectivity index (χ1n) is 7.80. The molecule has 1 N–H and O–H groups in total. The Hall–Kier alpha value is -1.06. The monoisotopic (exact) mass is 275 g/mol. The highest BCUT2D eigenvalue weighted by molar-refractivity contribution is 5.33. The highest BCUT2D eigenvalue weighted by Crippen LogP contribution is 2.45. The molecule has 1 aromatic rings. The van der Waals surface area contributed by atoms with Gasteiger partial charge in [-0.1, -0.05) is 19.1 Å². The van der Waals surface area contributed by atoms with Gasteiger partial charge in [-0.2, -0.15) is 0 Å². The van der Waals surface area contributed by atoms with E-state index >= 15 is 0 Å². The molecule has 0 radical (unpaired) electrons. The van der Waals surface area contributed by atoms with Gasteiger partial charge in [-0.15, -0.1) is 0 Å². The summed E-state index contributed by atoms with van der Waals surface area (Å²) in [5.41, 5.74) is 0.348. The summed E-state index contributed by atoms with van der Waals surface area (Å²) >= 11 is 0. The van der Waals surface area contributed by atoms with Crippen molar-refractivity contribution < 1.29 is 9.84 Å². The zero-order valence-corrected chi connectivity index (χ0v) is 12.5. The lowest BCUT2D eigenvalue weighted by atomic mass is 9.80. The lowest BCUT2D eigenvalue weighted by Crippen LogP contribution is -2.47. The second-order valence-corrected chi connectivity index (χ2v) is 6.37. The molecule has 0 amide bonds. The predicted octanol–water partition coefficient (Wildman–Crippen LogP) is 2.92. The first-order valence-corrected chi connectivity index (χ1v) is 7.80. The van der Waals surface area contributed by atoms with Crippen LogP contribution in [0.5, 0.6) is 5.75 Å². The second kappa shape index (κ2) is 5.38. The van der Waals surface area contributed by atoms with Gasteiger partial charge in [0.05, 0.1) is 12.2 Å². The van der Waals surface area contributed by atoms with Crippen LogP contribution in [0.1, 0.15) is 44.6 Å². The summed E-state index contributed by atoms with van der Waals surface area (Å²) in [6.45, 7) is 2.84. The minimum atomic E-state index is -0.677. The average Bonchev–Trinajstić information content (AvgIpc) is 2.68. The number of benzene rings is 1. The molecular formula is C17H25NO2. The van der Waals surface area contributed by atoms with Crippen LogP contribution in [0, 0.1) is 0 Å². The van der Waals surface area contributed by atoms with Crippen LogP contribution >= 0.6 is 0 Å². The third-order valence-electron chi connectivity index (χ3n) is 4.98. The van der Waals surface area contributed by atoms with Crippen LogP contribution in [-0.2, 0) is 5.60 Å². The number of aliphatic hydroxyl groups is 1. The maximum absolute atomic E-state index is 11.1. The van der Waals surface area contributed by atoms with E-state index in [0.717, 1.165) is 37.2 Å². The summed E-state index contributed by atoms with van der Waals surface area (Å²) in [5, 5.41) is 11.1. The molecule has 0 aromatic heterocycles. The summed E-state index contributed by atoms with van der Waals surface area (Å²) in [4.78, 5) is 2.45. The Morgan fingerprint density at radius 2 is 2.00 bits per heavy atom. The molecule has 0 saturated carbocycles. The Balaban J connectivity index is 1.81. The SMILES string of the molecule is CCCOc1cccc(C2(O)CC3CCC(C2)N3C)c1. The van der Waals surface area contributed by atoms with E-state index in [1.54, 1.807) is 0 Å². The molecule has 2 aliphatic heterocycles. The van der Waals surface area contributed by atoms with Crippen LogP contribution < -0.4 is 4.74 Å². The number of rotatable bonds is 4. The normalized spacial score (nSPS) is 33.4. The molecule has 110 valence electrons. The van der Waals surface area contributed by atoms with Crippen molar-refractivity contribution in [3.63, 3.8) is 0 Å². The van der Waals surface area contributed by atoms with E-state index in [9.17, 15) is 5.11 Å². The van der Waals surface area contributed by atoms with Gasteiger partial charge in [-0.3, -0.25) is 0 Å². The molecule has 2 unspecified atom stereocenters. The van der Waals surface area contributed by atoms with E-state index < -0.39 is 5.60 Å². The Kier molecular flexibility index (Phi) is 3.74. The zero-order chi connectivity index (χ0) is 14.2. The Morgan fingerprint density at radius 3 is 2.65 bits per heavy atom. The molecule has 2 saturated heterocycles. The van der Waals surface area contributed by atoms with Crippen molar-refractivity contribution in [3.8, 4) is 5.75 Å². The summed E-state index contributed by atoms with van der Waals surface area (Å²) in [7, 11) is 2.20. The number of hydrogen-bond donors (Lipinski definition) is 1. The zero-order valence-electron chi connectivity index (χ0n) is 12.5. The number of ether oxygens (including phenoxy) is 1. The molecule has 2 bridgehead atoms. The van der Waals surface area contributed by atoms with Gasteiger partial charge in [0.15, 0.2) is 0 Å². The Morgan fingerprint density at radius 1 is 1.30 bits per heavy atom. The van der Waals surface area contributed by atoms with E-state index in [1.807, 2.05) is 24.3 Å². The standard InChI is InChI=1S/C17H25NO2/c1-3-9-20-16-6-4-5-13(10-16)17(19)11-14-7-8-15(12-17)18(14)2/h4-6,10,14-15,19H,3,7-9,11-12H2,1-2H3. The van der Waals surface area contributed by atoms with Gasteiger partial charge >= 0.3 is 0 Å². The van der Waals surface area contributed by atoms with E-state index in [1.165, 1.54) is 12.8 Å². The molecule has 3 nitrogen and oxygen atoms in total. The van der Waals surface area contributed by atoms with Crippen LogP contribution in [-0.4, -0.2) is 35.7 Å². The van der Waals surface area contributed by atoms with Crippen LogP contribution in [0.25, 0.3) is 0 Å². The van der Waals surface area contributed by atoms with E-state index in [-0.39, 0.29) is 0 Å². The molecule has 3 heteroatoms. The largest absolute Gasteiger partial charge is 0.494 e. The molecule has 2 heterocycles. The van der Waals surface area contributed by atoms with Gasteiger partial charge in [0.2, 0.25) is 0 Å². The van der Waals surface area contributed by atoms with Gasteiger partial charge in [0, 0.05) is 12.1 Å². The maximum Gasteiger partial charge on any atom is 0.119 e. The topological polar surface area (TPSA) is 32.7 Å². The third kappa shape index (κ3) is 2.45. The van der Waals surface area contributed by atoms with Crippen molar-refractivity contribution >= 4 is 0 Å².